The summed E-state index contributed by atoms with van der Waals surface area (Å²) in [5, 5.41) is 2.23. The second kappa shape index (κ2) is 21.7. The predicted molar refractivity (Wildman–Crippen MR) is 313 cm³/mol. The second-order valence-corrected chi connectivity index (χ2v) is 19.3. The van der Waals surface area contributed by atoms with Gasteiger partial charge in [0.2, 0.25) is 0 Å². The highest BCUT2D eigenvalue weighted by molar-refractivity contribution is 6.08. The molecule has 364 valence electrons. The minimum absolute atomic E-state index is 0.274. The monoisotopic (exact) mass is 954 g/mol. The number of hydrogen-bond acceptors (Lipinski definition) is 2. The molecule has 2 N–H and O–H groups in total. The van der Waals surface area contributed by atoms with E-state index in [9.17, 15) is 0 Å². The Morgan fingerprint density at radius 3 is 1.79 bits per heavy atom. The highest BCUT2D eigenvalue weighted by Crippen LogP contribution is 2.63. The van der Waals surface area contributed by atoms with Crippen molar-refractivity contribution >= 4 is 39.2 Å². The summed E-state index contributed by atoms with van der Waals surface area (Å²) >= 11 is 0. The number of furan rings is 1. The summed E-state index contributed by atoms with van der Waals surface area (Å²) in [5.74, 6) is 1.23. The zero-order valence-corrected chi connectivity index (χ0v) is 43.8. The lowest BCUT2D eigenvalue weighted by atomic mass is 9.70. The zero-order chi connectivity index (χ0) is 51.2. The number of amidine groups is 2. The SMILES string of the molecule is C=C/C(=C(C)\C=C/C)c1cccc(C(N=C(N)CCC)=NCc2ccc3c(c2)oc2ccccc23)c1C.CCC.Cc1ccccc1-c1cc2c(cc1C)-c1ccccc1C21c2ccccc2-c2ccccc21. The van der Waals surface area contributed by atoms with Gasteiger partial charge in [-0.25, -0.2) is 4.99 Å². The fourth-order valence-electron chi connectivity index (χ4n) is 11.1. The summed E-state index contributed by atoms with van der Waals surface area (Å²) in [6, 6.07) is 61.3. The van der Waals surface area contributed by atoms with Gasteiger partial charge < -0.3 is 10.2 Å². The van der Waals surface area contributed by atoms with E-state index in [4.69, 9.17) is 20.1 Å². The van der Waals surface area contributed by atoms with Gasteiger partial charge in [-0.3, -0.25) is 4.99 Å². The predicted octanol–water partition coefficient (Wildman–Crippen LogP) is 18.3. The Hall–Kier alpha value is -8.08. The van der Waals surface area contributed by atoms with Crippen LogP contribution >= 0.6 is 0 Å². The molecule has 2 aliphatic carbocycles. The van der Waals surface area contributed by atoms with Crippen molar-refractivity contribution in [1.82, 2.24) is 0 Å². The number of para-hydroxylation sites is 1. The van der Waals surface area contributed by atoms with Gasteiger partial charge in [-0.05, 0) is 154 Å². The molecule has 0 aliphatic heterocycles. The van der Waals surface area contributed by atoms with Crippen LogP contribution < -0.4 is 5.73 Å². The van der Waals surface area contributed by atoms with Gasteiger partial charge in [0.05, 0.1) is 12.0 Å². The summed E-state index contributed by atoms with van der Waals surface area (Å²) < 4.78 is 6.08. The fourth-order valence-corrected chi connectivity index (χ4v) is 11.1. The molecule has 73 heavy (non-hydrogen) atoms. The summed E-state index contributed by atoms with van der Waals surface area (Å²) in [6.07, 6.45) is 8.95. The van der Waals surface area contributed by atoms with E-state index in [1.807, 2.05) is 43.3 Å². The fraction of sp³-hybridized carbons (Fsp3) is 0.188. The van der Waals surface area contributed by atoms with Gasteiger partial charge in [0.25, 0.3) is 0 Å². The van der Waals surface area contributed by atoms with Crippen molar-refractivity contribution in [3.05, 3.63) is 256 Å². The second-order valence-electron chi connectivity index (χ2n) is 19.3. The van der Waals surface area contributed by atoms with Crippen molar-refractivity contribution in [1.29, 1.82) is 0 Å². The molecule has 0 fully saturated rings. The van der Waals surface area contributed by atoms with Gasteiger partial charge >= 0.3 is 0 Å². The number of nitrogens with two attached hydrogens (primary N) is 1. The van der Waals surface area contributed by atoms with Gasteiger partial charge in [0, 0.05) is 22.8 Å². The van der Waals surface area contributed by atoms with Crippen LogP contribution in [0.5, 0.6) is 0 Å². The highest BCUT2D eigenvalue weighted by atomic mass is 16.3. The van der Waals surface area contributed by atoms with E-state index in [1.54, 1.807) is 0 Å². The standard InChI is InChI=1S/C33H35N3O.C33H24.C3H8/c1-6-12-22(4)25(8-3)26-15-11-16-27(23(26)5)33(36-32(34)13-7-2)35-21-24-18-19-29-28-14-9-10-17-30(28)37-31(29)20-24;1-21-11-3-4-12-23(21)27-20-32-28(19-22(27)2)26-15-7-10-18-31(26)33(32)29-16-8-5-13-24(29)25-14-6-9-17-30(25)33;1-3-2/h6,8-12,14-20H,3,7,13,21H2,1-2,4-5H3,(H2,34,35,36);3-20H,1-2H3;3H2,1-2H3/b12-6-,25-22+;;. The molecule has 0 amide bonds. The molecule has 0 saturated carbocycles. The van der Waals surface area contributed by atoms with Crippen LogP contribution in [-0.4, -0.2) is 11.7 Å². The van der Waals surface area contributed by atoms with E-state index in [0.29, 0.717) is 18.2 Å². The van der Waals surface area contributed by atoms with Crippen LogP contribution in [0.1, 0.15) is 110 Å². The Morgan fingerprint density at radius 2 is 1.16 bits per heavy atom. The maximum Gasteiger partial charge on any atom is 0.157 e. The first kappa shape index (κ1) is 49.9. The van der Waals surface area contributed by atoms with E-state index in [1.165, 1.54) is 73.2 Å². The van der Waals surface area contributed by atoms with Crippen LogP contribution in [-0.2, 0) is 12.0 Å². The number of fused-ring (bicyclic) bond motifs is 13. The number of rotatable bonds is 9. The molecule has 1 aromatic heterocycles. The van der Waals surface area contributed by atoms with E-state index < -0.39 is 0 Å². The molecule has 0 saturated heterocycles. The van der Waals surface area contributed by atoms with Gasteiger partial charge in [-0.2, -0.15) is 0 Å². The molecular weight excluding hydrogens is 887 g/mol. The van der Waals surface area contributed by atoms with Crippen LogP contribution in [0.4, 0.5) is 0 Å². The lowest BCUT2D eigenvalue weighted by molar-refractivity contribution is 0.668. The first-order valence-corrected chi connectivity index (χ1v) is 25.9. The lowest BCUT2D eigenvalue weighted by Gasteiger charge is -2.31. The topological polar surface area (TPSA) is 63.9 Å². The molecule has 0 radical (unpaired) electrons. The van der Waals surface area contributed by atoms with Crippen molar-refractivity contribution in [3.63, 3.8) is 0 Å². The van der Waals surface area contributed by atoms with Crippen LogP contribution in [0.25, 0.3) is 60.9 Å². The van der Waals surface area contributed by atoms with Crippen LogP contribution in [0.3, 0.4) is 0 Å². The lowest BCUT2D eigenvalue weighted by Crippen LogP contribution is -2.25. The highest BCUT2D eigenvalue weighted by Gasteiger charge is 2.51. The third-order valence-corrected chi connectivity index (χ3v) is 14.3. The molecule has 9 aromatic rings. The number of hydrogen-bond donors (Lipinski definition) is 1. The first-order valence-electron chi connectivity index (χ1n) is 25.9. The average Bonchev–Trinajstić information content (AvgIpc) is 4.03. The molecule has 1 heterocycles. The van der Waals surface area contributed by atoms with Gasteiger partial charge in [0.15, 0.2) is 5.84 Å². The minimum Gasteiger partial charge on any atom is -0.456 e. The van der Waals surface area contributed by atoms with E-state index >= 15 is 0 Å². The maximum absolute atomic E-state index is 6.29. The number of aliphatic imine (C=N–C) groups is 2. The largest absolute Gasteiger partial charge is 0.456 e. The third-order valence-electron chi connectivity index (χ3n) is 14.3. The Labute approximate surface area is 433 Å². The molecule has 0 bridgehead atoms. The Bertz CT molecular complexity index is 3600. The van der Waals surface area contributed by atoms with Crippen molar-refractivity contribution in [2.45, 2.75) is 86.6 Å². The molecule has 2 aliphatic rings. The summed E-state index contributed by atoms with van der Waals surface area (Å²) in [6.45, 7) is 21.6. The minimum atomic E-state index is -0.274. The van der Waals surface area contributed by atoms with Gasteiger partial charge in [-0.1, -0.05) is 204 Å². The molecule has 4 nitrogen and oxygen atoms in total. The third kappa shape index (κ3) is 9.23. The molecule has 1 spiro atoms. The van der Waals surface area contributed by atoms with Crippen molar-refractivity contribution < 1.29 is 4.42 Å². The van der Waals surface area contributed by atoms with Gasteiger partial charge in [0.1, 0.15) is 17.0 Å². The molecule has 0 unspecified atom stereocenters. The van der Waals surface area contributed by atoms with Crippen molar-refractivity contribution in [2.24, 2.45) is 15.7 Å². The quantitative estimate of drug-likeness (QED) is 0.0890. The molecule has 8 aromatic carbocycles. The van der Waals surface area contributed by atoms with Gasteiger partial charge in [-0.15, -0.1) is 0 Å². The molecular formula is C69H67N3O. The van der Waals surface area contributed by atoms with E-state index in [2.05, 4.69) is 207 Å². The number of allylic oxidation sites excluding steroid dienone is 5. The normalized spacial score (nSPS) is 13.4. The molecule has 11 rings (SSSR count). The molecule has 0 atom stereocenters. The Balaban J connectivity index is 0.000000171. The Morgan fingerprint density at radius 1 is 0.589 bits per heavy atom. The number of aryl methyl sites for hydroxylation is 2. The zero-order valence-electron chi connectivity index (χ0n) is 43.8. The van der Waals surface area contributed by atoms with E-state index in [0.717, 1.165) is 68.2 Å². The van der Waals surface area contributed by atoms with E-state index in [-0.39, 0.29) is 5.41 Å². The van der Waals surface area contributed by atoms with Crippen molar-refractivity contribution in [2.75, 3.05) is 0 Å². The smallest absolute Gasteiger partial charge is 0.157 e. The number of benzene rings is 8. The average molecular weight is 954 g/mol. The maximum atomic E-state index is 6.29. The van der Waals surface area contributed by atoms with Crippen LogP contribution in [0.15, 0.2) is 215 Å². The summed E-state index contributed by atoms with van der Waals surface area (Å²) in [4.78, 5) is 9.75. The first-order chi connectivity index (χ1) is 35.6. The summed E-state index contributed by atoms with van der Waals surface area (Å²) in [7, 11) is 0. The van der Waals surface area contributed by atoms with Crippen LogP contribution in [0, 0.1) is 20.8 Å². The molecule has 4 heteroatoms. The summed E-state index contributed by atoms with van der Waals surface area (Å²) in [5.41, 5.74) is 30.6. The van der Waals surface area contributed by atoms with Crippen molar-refractivity contribution in [3.8, 4) is 33.4 Å². The van der Waals surface area contributed by atoms with Crippen LogP contribution in [0.2, 0.25) is 0 Å². The Kier molecular flexibility index (Phi) is 14.8. The number of nitrogens with zero attached hydrogens (tertiary/aromatic N) is 2.